The van der Waals surface area contributed by atoms with Gasteiger partial charge in [0, 0.05) is 55.9 Å². The van der Waals surface area contributed by atoms with Crippen LogP contribution in [0, 0.1) is 0 Å². The Morgan fingerprint density at radius 1 is 0.556 bits per heavy atom. The number of carbonyl (C=O) groups excluding carboxylic acids is 2. The minimum Gasteiger partial charge on any atom is -1.00 e. The number of ether oxygens (including phenoxy) is 4. The van der Waals surface area contributed by atoms with Crippen molar-refractivity contribution in [3.63, 3.8) is 0 Å². The summed E-state index contributed by atoms with van der Waals surface area (Å²) in [7, 11) is 4.99. The number of hydrogen-bond acceptors (Lipinski definition) is 10. The van der Waals surface area contributed by atoms with E-state index in [1.807, 2.05) is 54.6 Å². The molecule has 0 bridgehead atoms. The van der Waals surface area contributed by atoms with Crippen LogP contribution in [0.1, 0.15) is 105 Å². The van der Waals surface area contributed by atoms with Gasteiger partial charge in [0.05, 0.1) is 47.3 Å². The van der Waals surface area contributed by atoms with E-state index in [4.69, 9.17) is 18.9 Å². The van der Waals surface area contributed by atoms with E-state index < -0.39 is 6.29 Å². The number of hydrogen-bond donors (Lipinski definition) is 3. The third-order valence-electron chi connectivity index (χ3n) is 15.6. The van der Waals surface area contributed by atoms with Crippen molar-refractivity contribution in [2.45, 2.75) is 69.8 Å². The molecule has 0 spiro atoms. The number of esters is 1. The van der Waals surface area contributed by atoms with Crippen LogP contribution in [-0.2, 0) is 56.7 Å². The van der Waals surface area contributed by atoms with Gasteiger partial charge in [-0.2, -0.15) is 0 Å². The summed E-state index contributed by atoms with van der Waals surface area (Å²) in [6, 6.07) is 63.0. The Hall–Kier alpha value is -6.61. The molecule has 3 aliphatic rings. The first-order chi connectivity index (χ1) is 38.6. The number of methoxy groups -OCH3 is 2. The minimum absolute atomic E-state index is 0. The van der Waals surface area contributed by atoms with Gasteiger partial charge in [-0.05, 0) is 113 Å². The second-order valence-corrected chi connectivity index (χ2v) is 20.7. The summed E-state index contributed by atoms with van der Waals surface area (Å²) in [5, 5.41) is 35.8. The topological polar surface area (TPSA) is 138 Å². The first-order valence-corrected chi connectivity index (χ1v) is 27.1. The SMILES string of the molecule is CN1Cc2cc(CO)ccc2[C@H](c2ccc3ccccc3c2)C1.COC(=O)CC[C@@H](c1ccc2ccccc2c1)c1ccc(CO)cc1C1OCCO1.COC(=O)N1Cc2cc(CO)ccc2[C@H](c2ccc3ccccc3c2)C1.[AlH3].[H-].[Li+]. The molecule has 9 aromatic carbocycles. The molecular weight excluding hydrogens is 1020 g/mol. The Kier molecular flexibility index (Phi) is 21.2. The van der Waals surface area contributed by atoms with Crippen LogP contribution in [0.5, 0.6) is 0 Å². The number of aliphatic hydroxyl groups excluding tert-OH is 3. The molecule has 12 rings (SSSR count). The van der Waals surface area contributed by atoms with Crippen LogP contribution in [0.3, 0.4) is 0 Å². The van der Waals surface area contributed by atoms with E-state index in [-0.39, 0.29) is 81.4 Å². The van der Waals surface area contributed by atoms with Crippen molar-refractivity contribution in [1.82, 2.24) is 9.80 Å². The van der Waals surface area contributed by atoms with Gasteiger partial charge in [0.25, 0.3) is 0 Å². The van der Waals surface area contributed by atoms with Gasteiger partial charge in [0.1, 0.15) is 0 Å². The molecule has 3 aliphatic heterocycles. The molecule has 81 heavy (non-hydrogen) atoms. The van der Waals surface area contributed by atoms with Crippen molar-refractivity contribution in [1.29, 1.82) is 0 Å². The Bertz CT molecular complexity index is 3620. The molecule has 1 fully saturated rings. The summed E-state index contributed by atoms with van der Waals surface area (Å²) in [6.07, 6.45) is 0.119. The van der Waals surface area contributed by atoms with Crippen LogP contribution in [0.25, 0.3) is 32.3 Å². The maximum atomic E-state index is 12.2. The maximum Gasteiger partial charge on any atom is 1.00 e. The number of amides is 1. The summed E-state index contributed by atoms with van der Waals surface area (Å²) >= 11 is 0. The molecule has 0 aromatic heterocycles. The zero-order valence-electron chi connectivity index (χ0n) is 47.1. The molecule has 1 saturated heterocycles. The summed E-state index contributed by atoms with van der Waals surface area (Å²) < 4.78 is 21.4. The minimum atomic E-state index is -0.465. The standard InChI is InChI=1S/C25H26O5.C22H21NO3.C21H21NO.Al.Li.4H/c1-28-24(27)11-10-21(20-8-7-18-4-2-3-5-19(18)15-20)22-9-6-17(16-26)14-23(22)25-29-12-13-30-25;1-26-22(25)23-12-19-10-15(14-24)6-9-20(19)21(13-23)18-8-7-16-4-2-3-5-17(16)11-18;1-22-12-19-10-15(14-23)6-9-20(19)21(13-22)18-8-7-16-4-2-3-5-17(16)11-18;;;;;;/h2-9,14-15,21,25-26H,10-13,16H2,1H3;2-11,21,24H,12-14H2,1H3;2-11,21,23H,12-14H2,1H3;;;;;;/q;;;;+1;;;;-1/t3*21-;;;;;;/m000....../s1. The predicted octanol–water partition coefficient (Wildman–Crippen LogP) is 8.35. The molecule has 0 unspecified atom stereocenters. The fourth-order valence-corrected chi connectivity index (χ4v) is 11.6. The molecule has 0 radical (unpaired) electrons. The fourth-order valence-electron chi connectivity index (χ4n) is 11.6. The molecule has 3 heterocycles. The smallest absolute Gasteiger partial charge is 1.00 e. The largest absolute Gasteiger partial charge is 1.00 e. The van der Waals surface area contributed by atoms with Crippen LogP contribution in [-0.4, -0.2) is 102 Å². The molecule has 9 aromatic rings. The third-order valence-corrected chi connectivity index (χ3v) is 15.6. The first-order valence-electron chi connectivity index (χ1n) is 27.1. The molecule has 0 aliphatic carbocycles. The van der Waals surface area contributed by atoms with Crippen LogP contribution in [0.4, 0.5) is 4.79 Å². The number of carbonyl (C=O) groups is 2. The van der Waals surface area contributed by atoms with E-state index in [9.17, 15) is 24.9 Å². The Morgan fingerprint density at radius 2 is 1.04 bits per heavy atom. The monoisotopic (exact) mass is 1090 g/mol. The van der Waals surface area contributed by atoms with Crippen LogP contribution < -0.4 is 18.9 Å². The van der Waals surface area contributed by atoms with E-state index in [0.29, 0.717) is 45.1 Å². The van der Waals surface area contributed by atoms with Gasteiger partial charge in [-0.3, -0.25) is 4.79 Å². The van der Waals surface area contributed by atoms with Gasteiger partial charge in [-0.15, -0.1) is 0 Å². The summed E-state index contributed by atoms with van der Waals surface area (Å²) in [6.45, 7) is 4.19. The third kappa shape index (κ3) is 14.2. The molecule has 412 valence electrons. The second kappa shape index (κ2) is 28.4. The van der Waals surface area contributed by atoms with Gasteiger partial charge in [-0.25, -0.2) is 4.79 Å². The molecular formula is C68H72AlLiN2O9. The maximum absolute atomic E-state index is 12.2. The van der Waals surface area contributed by atoms with Gasteiger partial charge in [-0.1, -0.05) is 176 Å². The average molecular weight is 1100 g/mol. The normalized spacial score (nSPS) is 16.1. The van der Waals surface area contributed by atoms with E-state index >= 15 is 0 Å². The van der Waals surface area contributed by atoms with Crippen molar-refractivity contribution < 1.29 is 64.1 Å². The number of fused-ring (bicyclic) bond motifs is 5. The molecule has 3 N–H and O–H groups in total. The number of benzene rings is 9. The van der Waals surface area contributed by atoms with E-state index in [2.05, 4.69) is 139 Å². The number of nitrogens with zero attached hydrogens (tertiary/aromatic N) is 2. The van der Waals surface area contributed by atoms with Crippen molar-refractivity contribution in [3.05, 3.63) is 249 Å². The molecule has 13 heteroatoms. The predicted molar refractivity (Wildman–Crippen MR) is 321 cm³/mol. The molecule has 3 atom stereocenters. The second-order valence-electron chi connectivity index (χ2n) is 20.7. The van der Waals surface area contributed by atoms with Crippen molar-refractivity contribution in [2.75, 3.05) is 47.6 Å². The Morgan fingerprint density at radius 3 is 1.57 bits per heavy atom. The molecule has 11 nitrogen and oxygen atoms in total. The average Bonchev–Trinajstić information content (AvgIpc) is 3.74. The number of rotatable bonds is 11. The fraction of sp³-hybridized carbons (Fsp3) is 0.265. The van der Waals surface area contributed by atoms with Crippen LogP contribution in [0.15, 0.2) is 182 Å². The summed E-state index contributed by atoms with van der Waals surface area (Å²) in [5.74, 6) is 0.197. The van der Waals surface area contributed by atoms with Gasteiger partial charge < -0.3 is 45.5 Å². The van der Waals surface area contributed by atoms with E-state index in [0.717, 1.165) is 57.4 Å². The van der Waals surface area contributed by atoms with Gasteiger partial charge in [0.2, 0.25) is 0 Å². The Balaban J connectivity index is 0.000000175. The van der Waals surface area contributed by atoms with E-state index in [1.165, 1.54) is 69.0 Å². The van der Waals surface area contributed by atoms with Crippen molar-refractivity contribution in [2.24, 2.45) is 0 Å². The number of likely N-dealkylation sites (N-methyl/N-ethyl adjacent to an activating group) is 1. The van der Waals surface area contributed by atoms with Crippen molar-refractivity contribution in [3.8, 4) is 0 Å². The first kappa shape index (κ1) is 60.5. The summed E-state index contributed by atoms with van der Waals surface area (Å²) in [5.41, 5.74) is 13.3. The van der Waals surface area contributed by atoms with Gasteiger partial charge in [0.15, 0.2) is 23.7 Å². The molecule has 1 amide bonds. The van der Waals surface area contributed by atoms with Crippen molar-refractivity contribution >= 4 is 61.7 Å². The van der Waals surface area contributed by atoms with Crippen LogP contribution >= 0.6 is 0 Å². The Labute approximate surface area is 498 Å². The molecule has 0 saturated carbocycles. The number of aliphatic hydroxyl groups is 3. The quantitative estimate of drug-likeness (QED) is 0.0857. The zero-order chi connectivity index (χ0) is 54.8. The summed E-state index contributed by atoms with van der Waals surface area (Å²) in [4.78, 5) is 28.2. The van der Waals surface area contributed by atoms with Gasteiger partial charge >= 0.3 is 30.9 Å². The van der Waals surface area contributed by atoms with E-state index in [1.54, 1.807) is 4.90 Å². The van der Waals surface area contributed by atoms with Crippen LogP contribution in [0.2, 0.25) is 0 Å². The zero-order valence-corrected chi connectivity index (χ0v) is 46.1.